The van der Waals surface area contributed by atoms with Crippen LogP contribution in [0.3, 0.4) is 0 Å². The molecule has 0 aromatic heterocycles. The summed E-state index contributed by atoms with van der Waals surface area (Å²) in [6.07, 6.45) is 2.34. The number of nitrogens with one attached hydrogen (secondary N) is 1. The highest BCUT2D eigenvalue weighted by Crippen LogP contribution is 2.31. The van der Waals surface area contributed by atoms with E-state index in [1.54, 1.807) is 24.1 Å². The number of nitrogens with zero attached hydrogens (tertiary/aromatic N) is 1. The summed E-state index contributed by atoms with van der Waals surface area (Å²) in [6, 6.07) is 6.44. The molecule has 1 heterocycles. The summed E-state index contributed by atoms with van der Waals surface area (Å²) in [5.41, 5.74) is 0.629. The third-order valence-electron chi connectivity index (χ3n) is 4.43. The standard InChI is InChI=1S/C17H25FN2O2.ClH/c1-20(12-7-14-3-5-15(18)6-4-14)16(21)17(13-22-2)8-10-19-11-9-17;/h3-6,19H,7-13H2,1-2H3;1H. The van der Waals surface area contributed by atoms with E-state index in [4.69, 9.17) is 4.74 Å². The monoisotopic (exact) mass is 344 g/mol. The van der Waals surface area contributed by atoms with Crippen LogP contribution >= 0.6 is 12.4 Å². The van der Waals surface area contributed by atoms with Crippen LogP contribution in [0.1, 0.15) is 18.4 Å². The van der Waals surface area contributed by atoms with Crippen molar-refractivity contribution in [1.29, 1.82) is 0 Å². The van der Waals surface area contributed by atoms with Crippen molar-refractivity contribution in [2.24, 2.45) is 5.41 Å². The van der Waals surface area contributed by atoms with E-state index in [2.05, 4.69) is 5.32 Å². The minimum atomic E-state index is -0.405. The van der Waals surface area contributed by atoms with Gasteiger partial charge in [-0.1, -0.05) is 12.1 Å². The second-order valence-electron chi connectivity index (χ2n) is 6.07. The van der Waals surface area contributed by atoms with E-state index in [0.717, 1.165) is 37.9 Å². The lowest BCUT2D eigenvalue weighted by atomic mass is 9.78. The molecule has 0 spiro atoms. The van der Waals surface area contributed by atoms with Gasteiger partial charge in [0.05, 0.1) is 12.0 Å². The van der Waals surface area contributed by atoms with E-state index in [1.807, 2.05) is 7.05 Å². The zero-order chi connectivity index (χ0) is 16.0. The van der Waals surface area contributed by atoms with Gasteiger partial charge in [-0.05, 0) is 50.0 Å². The molecule has 1 saturated heterocycles. The SMILES string of the molecule is COCC1(C(=O)N(C)CCc2ccc(F)cc2)CCNCC1.Cl. The van der Waals surface area contributed by atoms with E-state index in [0.29, 0.717) is 13.2 Å². The largest absolute Gasteiger partial charge is 0.384 e. The molecule has 0 atom stereocenters. The number of carbonyl (C=O) groups excluding carboxylic acids is 1. The highest BCUT2D eigenvalue weighted by atomic mass is 35.5. The Bertz CT molecular complexity index is 484. The van der Waals surface area contributed by atoms with Crippen molar-refractivity contribution >= 4 is 18.3 Å². The van der Waals surface area contributed by atoms with Gasteiger partial charge in [0, 0.05) is 20.7 Å². The lowest BCUT2D eigenvalue weighted by Gasteiger charge is -2.38. The minimum absolute atomic E-state index is 0. The van der Waals surface area contributed by atoms with E-state index in [1.165, 1.54) is 12.1 Å². The molecule has 0 bridgehead atoms. The van der Waals surface area contributed by atoms with Gasteiger partial charge in [0.15, 0.2) is 0 Å². The zero-order valence-electron chi connectivity index (χ0n) is 13.8. The molecule has 0 unspecified atom stereocenters. The molecule has 4 nitrogen and oxygen atoms in total. The number of likely N-dealkylation sites (N-methyl/N-ethyl adjacent to an activating group) is 1. The number of amides is 1. The van der Waals surface area contributed by atoms with Crippen LogP contribution < -0.4 is 5.32 Å². The van der Waals surface area contributed by atoms with Crippen LogP contribution in [-0.2, 0) is 16.0 Å². The predicted molar refractivity (Wildman–Crippen MR) is 91.4 cm³/mol. The molecule has 1 aliphatic heterocycles. The maximum absolute atomic E-state index is 12.9. The van der Waals surface area contributed by atoms with Crippen molar-refractivity contribution in [3.8, 4) is 0 Å². The van der Waals surface area contributed by atoms with Crippen LogP contribution in [0, 0.1) is 11.2 Å². The second kappa shape index (κ2) is 9.21. The van der Waals surface area contributed by atoms with Crippen molar-refractivity contribution in [3.05, 3.63) is 35.6 Å². The lowest BCUT2D eigenvalue weighted by molar-refractivity contribution is -0.146. The third kappa shape index (κ3) is 5.16. The van der Waals surface area contributed by atoms with Gasteiger partial charge in [0.25, 0.3) is 0 Å². The average molecular weight is 345 g/mol. The van der Waals surface area contributed by atoms with Gasteiger partial charge in [-0.25, -0.2) is 4.39 Å². The van der Waals surface area contributed by atoms with Crippen LogP contribution in [0.2, 0.25) is 0 Å². The molecule has 130 valence electrons. The van der Waals surface area contributed by atoms with E-state index < -0.39 is 5.41 Å². The summed E-state index contributed by atoms with van der Waals surface area (Å²) in [7, 11) is 3.49. The van der Waals surface area contributed by atoms with Gasteiger partial charge in [0.2, 0.25) is 5.91 Å². The first-order valence-electron chi connectivity index (χ1n) is 7.77. The second-order valence-corrected chi connectivity index (χ2v) is 6.07. The van der Waals surface area contributed by atoms with Crippen LogP contribution in [0.25, 0.3) is 0 Å². The number of halogens is 2. The van der Waals surface area contributed by atoms with Gasteiger partial charge in [-0.3, -0.25) is 4.79 Å². The van der Waals surface area contributed by atoms with Crippen LogP contribution in [0.4, 0.5) is 4.39 Å². The number of carbonyl (C=O) groups is 1. The Labute approximate surface area is 143 Å². The first-order valence-corrected chi connectivity index (χ1v) is 7.77. The summed E-state index contributed by atoms with van der Waals surface area (Å²) in [5, 5.41) is 3.29. The number of methoxy groups -OCH3 is 1. The lowest BCUT2D eigenvalue weighted by Crippen LogP contribution is -2.51. The van der Waals surface area contributed by atoms with Crippen LogP contribution in [-0.4, -0.2) is 51.2 Å². The van der Waals surface area contributed by atoms with Crippen molar-refractivity contribution in [1.82, 2.24) is 10.2 Å². The van der Waals surface area contributed by atoms with E-state index >= 15 is 0 Å². The average Bonchev–Trinajstić information content (AvgIpc) is 2.54. The summed E-state index contributed by atoms with van der Waals surface area (Å²) in [6.45, 7) is 2.79. The normalized spacial score (nSPS) is 16.5. The molecule has 23 heavy (non-hydrogen) atoms. The molecule has 0 radical (unpaired) electrons. The number of benzene rings is 1. The molecule has 0 aliphatic carbocycles. The fourth-order valence-electron chi connectivity index (χ4n) is 3.06. The van der Waals surface area contributed by atoms with Crippen molar-refractivity contribution in [2.45, 2.75) is 19.3 Å². The van der Waals surface area contributed by atoms with E-state index in [-0.39, 0.29) is 24.1 Å². The van der Waals surface area contributed by atoms with Gasteiger partial charge in [-0.2, -0.15) is 0 Å². The summed E-state index contributed by atoms with van der Waals surface area (Å²) < 4.78 is 18.2. The Morgan fingerprint density at radius 3 is 2.48 bits per heavy atom. The fraction of sp³-hybridized carbons (Fsp3) is 0.588. The molecule has 1 fully saturated rings. The molecule has 6 heteroatoms. The predicted octanol–water partition coefficient (Wildman–Crippen LogP) is 2.26. The first kappa shape index (κ1) is 19.9. The summed E-state index contributed by atoms with van der Waals surface area (Å²) in [5.74, 6) is -0.0834. The van der Waals surface area contributed by atoms with Crippen LogP contribution in [0.15, 0.2) is 24.3 Å². The number of rotatable bonds is 6. The quantitative estimate of drug-likeness (QED) is 0.860. The number of piperidine rings is 1. The molecule has 1 aromatic rings. The molecule has 1 aliphatic rings. The molecule has 1 aromatic carbocycles. The number of hydrogen-bond donors (Lipinski definition) is 1. The first-order chi connectivity index (χ1) is 10.6. The number of hydrogen-bond acceptors (Lipinski definition) is 3. The molecule has 2 rings (SSSR count). The third-order valence-corrected chi connectivity index (χ3v) is 4.43. The van der Waals surface area contributed by atoms with Gasteiger partial charge in [-0.15, -0.1) is 12.4 Å². The molecular weight excluding hydrogens is 319 g/mol. The maximum Gasteiger partial charge on any atom is 0.230 e. The van der Waals surface area contributed by atoms with Crippen LogP contribution in [0.5, 0.6) is 0 Å². The van der Waals surface area contributed by atoms with Crippen molar-refractivity contribution in [3.63, 3.8) is 0 Å². The van der Waals surface area contributed by atoms with Gasteiger partial charge < -0.3 is 15.0 Å². The highest BCUT2D eigenvalue weighted by molar-refractivity contribution is 5.85. The van der Waals surface area contributed by atoms with E-state index in [9.17, 15) is 9.18 Å². The Morgan fingerprint density at radius 2 is 1.91 bits per heavy atom. The molecule has 1 N–H and O–H groups in total. The molecular formula is C17H26ClFN2O2. The highest BCUT2D eigenvalue weighted by Gasteiger charge is 2.41. The Balaban J connectivity index is 0.00000264. The molecule has 1 amide bonds. The Hall–Kier alpha value is -1.17. The topological polar surface area (TPSA) is 41.6 Å². The maximum atomic E-state index is 12.9. The summed E-state index contributed by atoms with van der Waals surface area (Å²) >= 11 is 0. The Kier molecular flexibility index (Phi) is 7.95. The van der Waals surface area contributed by atoms with Gasteiger partial charge >= 0.3 is 0 Å². The minimum Gasteiger partial charge on any atom is -0.384 e. The zero-order valence-corrected chi connectivity index (χ0v) is 14.6. The fourth-order valence-corrected chi connectivity index (χ4v) is 3.06. The van der Waals surface area contributed by atoms with Crippen molar-refractivity contribution < 1.29 is 13.9 Å². The van der Waals surface area contributed by atoms with Crippen molar-refractivity contribution in [2.75, 3.05) is 40.4 Å². The smallest absolute Gasteiger partial charge is 0.230 e. The summed E-state index contributed by atoms with van der Waals surface area (Å²) in [4.78, 5) is 14.6. The number of ether oxygens (including phenoxy) is 1. The van der Waals surface area contributed by atoms with Gasteiger partial charge in [0.1, 0.15) is 5.82 Å². The Morgan fingerprint density at radius 1 is 1.30 bits per heavy atom. The molecule has 0 saturated carbocycles.